The van der Waals surface area contributed by atoms with Gasteiger partial charge in [-0.25, -0.2) is 4.98 Å². The number of anilines is 2. The highest BCUT2D eigenvalue weighted by atomic mass is 16.5. The minimum Gasteiger partial charge on any atom is -0.497 e. The van der Waals surface area contributed by atoms with Gasteiger partial charge in [-0.15, -0.1) is 0 Å². The highest BCUT2D eigenvalue weighted by Gasteiger charge is 2.09. The molecule has 4 rings (SSSR count). The molecule has 8 nitrogen and oxygen atoms in total. The Morgan fingerprint density at radius 1 is 1.03 bits per heavy atom. The van der Waals surface area contributed by atoms with Gasteiger partial charge in [0.05, 0.1) is 19.3 Å². The van der Waals surface area contributed by atoms with E-state index < -0.39 is 0 Å². The minimum atomic E-state index is -0.214. The fraction of sp³-hybridized carbons (Fsp3) is 0.261. The summed E-state index contributed by atoms with van der Waals surface area (Å²) in [6.07, 6.45) is 0. The normalized spacial score (nSPS) is 11.1. The molecule has 2 aromatic heterocycles. The third-order valence-corrected chi connectivity index (χ3v) is 5.03. The van der Waals surface area contributed by atoms with Gasteiger partial charge >= 0.3 is 0 Å². The van der Waals surface area contributed by atoms with Crippen molar-refractivity contribution in [3.8, 4) is 5.75 Å². The number of H-pyrrole nitrogens is 1. The number of nitrogens with zero attached hydrogens (tertiary/aromatic N) is 3. The van der Waals surface area contributed by atoms with E-state index in [1.165, 1.54) is 16.1 Å². The number of nitrogens with one attached hydrogen (secondary N) is 3. The van der Waals surface area contributed by atoms with E-state index >= 15 is 0 Å². The van der Waals surface area contributed by atoms with Gasteiger partial charge in [-0.1, -0.05) is 44.2 Å². The summed E-state index contributed by atoms with van der Waals surface area (Å²) in [6, 6.07) is 17.5. The van der Waals surface area contributed by atoms with Crippen molar-refractivity contribution in [1.82, 2.24) is 19.6 Å². The number of ether oxygens (including phenoxy) is 1. The van der Waals surface area contributed by atoms with E-state index in [2.05, 4.69) is 63.8 Å². The number of aromatic nitrogens is 4. The number of hydrogen-bond donors (Lipinski definition) is 3. The molecule has 2 aromatic carbocycles. The van der Waals surface area contributed by atoms with E-state index in [0.717, 1.165) is 17.0 Å². The first-order valence-corrected chi connectivity index (χ1v) is 10.2. The van der Waals surface area contributed by atoms with Gasteiger partial charge in [0.2, 0.25) is 5.95 Å². The maximum absolute atomic E-state index is 12.5. The van der Waals surface area contributed by atoms with Crippen LogP contribution in [0.25, 0.3) is 5.78 Å². The highest BCUT2D eigenvalue weighted by Crippen LogP contribution is 2.17. The van der Waals surface area contributed by atoms with Crippen molar-refractivity contribution in [2.45, 2.75) is 32.9 Å². The molecule has 0 atom stereocenters. The quantitative estimate of drug-likeness (QED) is 0.403. The lowest BCUT2D eigenvalue weighted by Crippen LogP contribution is -2.17. The zero-order valence-corrected chi connectivity index (χ0v) is 17.8. The van der Waals surface area contributed by atoms with Crippen LogP contribution in [0.5, 0.6) is 5.75 Å². The van der Waals surface area contributed by atoms with E-state index in [1.54, 1.807) is 7.11 Å². The van der Waals surface area contributed by atoms with Crippen LogP contribution in [0, 0.1) is 0 Å². The molecule has 4 aromatic rings. The Labute approximate surface area is 180 Å². The van der Waals surface area contributed by atoms with Crippen LogP contribution in [0.1, 0.15) is 36.6 Å². The van der Waals surface area contributed by atoms with E-state index in [9.17, 15) is 4.79 Å². The number of aromatic amines is 1. The monoisotopic (exact) mass is 418 g/mol. The molecule has 0 amide bonds. The first-order chi connectivity index (χ1) is 15.0. The van der Waals surface area contributed by atoms with Crippen LogP contribution in [-0.2, 0) is 13.1 Å². The molecule has 0 spiro atoms. The fourth-order valence-electron chi connectivity index (χ4n) is 3.23. The Hall–Kier alpha value is -3.81. The van der Waals surface area contributed by atoms with Crippen LogP contribution in [-0.4, -0.2) is 26.7 Å². The molecule has 2 heterocycles. The van der Waals surface area contributed by atoms with Crippen molar-refractivity contribution in [3.05, 3.63) is 81.8 Å². The van der Waals surface area contributed by atoms with Crippen LogP contribution >= 0.6 is 0 Å². The highest BCUT2D eigenvalue weighted by molar-refractivity contribution is 5.48. The molecule has 0 saturated carbocycles. The van der Waals surface area contributed by atoms with E-state index in [-0.39, 0.29) is 5.56 Å². The standard InChI is InChI=1S/C23H26N6O2/c1-15(2)17-9-7-16(8-10-17)13-25-22-27-23-26-19(12-21(30)29(23)28-22)14-24-18-5-4-6-20(11-18)31-3/h4-12,15,24H,13-14H2,1-3H3,(H2,25,26,27,28). The Kier molecular flexibility index (Phi) is 5.88. The smallest absolute Gasteiger partial charge is 0.274 e. The first kappa shape index (κ1) is 20.5. The van der Waals surface area contributed by atoms with Crippen LogP contribution in [0.4, 0.5) is 11.6 Å². The number of hydrogen-bond acceptors (Lipinski definition) is 6. The van der Waals surface area contributed by atoms with E-state index in [1.807, 2.05) is 24.3 Å². The van der Waals surface area contributed by atoms with Gasteiger partial charge in [0.1, 0.15) is 5.75 Å². The number of benzene rings is 2. The Bertz CT molecular complexity index is 1230. The topological polar surface area (TPSA) is 96.3 Å². The molecule has 0 unspecified atom stereocenters. The van der Waals surface area contributed by atoms with E-state index in [0.29, 0.717) is 36.4 Å². The Morgan fingerprint density at radius 3 is 2.58 bits per heavy atom. The number of rotatable bonds is 8. The zero-order chi connectivity index (χ0) is 21.8. The summed E-state index contributed by atoms with van der Waals surface area (Å²) < 4.78 is 6.56. The first-order valence-electron chi connectivity index (χ1n) is 10.2. The van der Waals surface area contributed by atoms with E-state index in [4.69, 9.17) is 4.74 Å². The fourth-order valence-corrected chi connectivity index (χ4v) is 3.23. The largest absolute Gasteiger partial charge is 0.497 e. The van der Waals surface area contributed by atoms with Gasteiger partial charge in [-0.2, -0.15) is 9.50 Å². The lowest BCUT2D eigenvalue weighted by molar-refractivity contribution is 0.415. The average Bonchev–Trinajstić information content (AvgIpc) is 3.20. The number of methoxy groups -OCH3 is 1. The van der Waals surface area contributed by atoms with Crippen molar-refractivity contribution < 1.29 is 4.74 Å². The van der Waals surface area contributed by atoms with Gasteiger partial charge in [-0.3, -0.25) is 9.89 Å². The van der Waals surface area contributed by atoms with Crippen LogP contribution in [0.3, 0.4) is 0 Å². The van der Waals surface area contributed by atoms with Crippen molar-refractivity contribution >= 4 is 17.4 Å². The maximum Gasteiger partial charge on any atom is 0.274 e. The average molecular weight is 419 g/mol. The lowest BCUT2D eigenvalue weighted by atomic mass is 10.0. The van der Waals surface area contributed by atoms with Crippen molar-refractivity contribution in [2.24, 2.45) is 0 Å². The molecule has 0 aliphatic heterocycles. The van der Waals surface area contributed by atoms with Gasteiger partial charge in [0.25, 0.3) is 11.3 Å². The molecule has 0 aliphatic rings. The van der Waals surface area contributed by atoms with Crippen molar-refractivity contribution in [1.29, 1.82) is 0 Å². The van der Waals surface area contributed by atoms with Crippen LogP contribution < -0.4 is 20.9 Å². The predicted molar refractivity (Wildman–Crippen MR) is 122 cm³/mol. The molecule has 0 saturated heterocycles. The molecule has 8 heteroatoms. The molecular weight excluding hydrogens is 392 g/mol. The maximum atomic E-state index is 12.5. The summed E-state index contributed by atoms with van der Waals surface area (Å²) in [4.78, 5) is 21.4. The number of fused-ring (bicyclic) bond motifs is 1. The zero-order valence-electron chi connectivity index (χ0n) is 17.8. The second-order valence-electron chi connectivity index (χ2n) is 7.63. The molecular formula is C23H26N6O2. The molecule has 160 valence electrons. The van der Waals surface area contributed by atoms with Crippen molar-refractivity contribution in [3.63, 3.8) is 0 Å². The molecule has 3 N–H and O–H groups in total. The van der Waals surface area contributed by atoms with Gasteiger partial charge in [0, 0.05) is 24.4 Å². The third kappa shape index (κ3) is 4.85. The third-order valence-electron chi connectivity index (χ3n) is 5.03. The molecule has 0 fully saturated rings. The molecule has 0 bridgehead atoms. The second-order valence-corrected chi connectivity index (χ2v) is 7.63. The summed E-state index contributed by atoms with van der Waals surface area (Å²) in [6.45, 7) is 5.34. The Balaban J connectivity index is 1.44. The summed E-state index contributed by atoms with van der Waals surface area (Å²) in [7, 11) is 1.62. The van der Waals surface area contributed by atoms with Crippen molar-refractivity contribution in [2.75, 3.05) is 17.7 Å². The van der Waals surface area contributed by atoms with Gasteiger partial charge in [0.15, 0.2) is 0 Å². The van der Waals surface area contributed by atoms with Crippen LogP contribution in [0.15, 0.2) is 59.4 Å². The summed E-state index contributed by atoms with van der Waals surface area (Å²) in [5, 5.41) is 9.43. The SMILES string of the molecule is COc1cccc(NCc2cc(=O)n3[nH]c(NCc4ccc(C(C)C)cc4)nc3n2)c1. The summed E-state index contributed by atoms with van der Waals surface area (Å²) in [5.74, 6) is 2.08. The second kappa shape index (κ2) is 8.91. The molecule has 0 aliphatic carbocycles. The Morgan fingerprint density at radius 2 is 1.84 bits per heavy atom. The predicted octanol–water partition coefficient (Wildman–Crippen LogP) is 3.77. The van der Waals surface area contributed by atoms with Crippen LogP contribution in [0.2, 0.25) is 0 Å². The van der Waals surface area contributed by atoms with Gasteiger partial charge in [-0.05, 0) is 29.2 Å². The lowest BCUT2D eigenvalue weighted by Gasteiger charge is -2.07. The summed E-state index contributed by atoms with van der Waals surface area (Å²) in [5.41, 5.74) is 3.71. The van der Waals surface area contributed by atoms with Gasteiger partial charge < -0.3 is 15.4 Å². The molecule has 0 radical (unpaired) electrons. The summed E-state index contributed by atoms with van der Waals surface area (Å²) >= 11 is 0. The molecule has 31 heavy (non-hydrogen) atoms. The minimum absolute atomic E-state index is 0.214.